The third kappa shape index (κ3) is 3.72. The van der Waals surface area contributed by atoms with Gasteiger partial charge in [0.2, 0.25) is 0 Å². The number of hydrogen-bond acceptors (Lipinski definition) is 5. The van der Waals surface area contributed by atoms with Crippen LogP contribution in [0.1, 0.15) is 57.3 Å². The maximum Gasteiger partial charge on any atom is 0.495 e. The van der Waals surface area contributed by atoms with Crippen LogP contribution < -0.4 is 10.2 Å². The van der Waals surface area contributed by atoms with E-state index >= 15 is 0 Å². The molecule has 2 saturated heterocycles. The van der Waals surface area contributed by atoms with E-state index in [1.807, 2.05) is 27.7 Å². The van der Waals surface area contributed by atoms with Crippen LogP contribution in [0, 0.1) is 0 Å². The van der Waals surface area contributed by atoms with E-state index in [1.54, 1.807) is 12.1 Å². The van der Waals surface area contributed by atoms with Gasteiger partial charge in [0.25, 0.3) is 0 Å². The van der Waals surface area contributed by atoms with Crippen LogP contribution in [0.5, 0.6) is 5.75 Å². The first kappa shape index (κ1) is 18.7. The first-order valence-electron chi connectivity index (χ1n) is 8.66. The van der Waals surface area contributed by atoms with Gasteiger partial charge in [-0.25, -0.2) is 0 Å². The van der Waals surface area contributed by atoms with Gasteiger partial charge in [0.1, 0.15) is 5.75 Å². The van der Waals surface area contributed by atoms with E-state index in [0.29, 0.717) is 28.4 Å². The lowest BCUT2D eigenvalue weighted by atomic mass is 9.76. The highest BCUT2D eigenvalue weighted by atomic mass is 35.5. The van der Waals surface area contributed by atoms with Crippen LogP contribution in [-0.2, 0) is 14.0 Å². The Morgan fingerprint density at radius 2 is 1.88 bits per heavy atom. The average Bonchev–Trinajstić information content (AvgIpc) is 2.76. The summed E-state index contributed by atoms with van der Waals surface area (Å²) in [6.45, 7) is 8.54. The lowest BCUT2D eigenvalue weighted by molar-refractivity contribution is -0.105. The van der Waals surface area contributed by atoms with Crippen LogP contribution in [0.2, 0.25) is 5.02 Å². The third-order valence-corrected chi connectivity index (χ3v) is 5.48. The predicted molar refractivity (Wildman–Crippen MR) is 96.8 cm³/mol. The van der Waals surface area contributed by atoms with Crippen molar-refractivity contribution in [3.63, 3.8) is 0 Å². The molecule has 0 aliphatic carbocycles. The predicted octanol–water partition coefficient (Wildman–Crippen LogP) is 3.36. The molecule has 1 aromatic carbocycles. The fourth-order valence-electron chi connectivity index (χ4n) is 2.93. The van der Waals surface area contributed by atoms with Gasteiger partial charge >= 0.3 is 7.12 Å². The second kappa shape index (κ2) is 6.91. The summed E-state index contributed by atoms with van der Waals surface area (Å²) in [6, 6.07) is 3.40. The number of carbonyl (C=O) groups excluding carboxylic acids is 1. The molecule has 0 saturated carbocycles. The zero-order chi connectivity index (χ0) is 18.2. The molecule has 5 nitrogen and oxygen atoms in total. The summed E-state index contributed by atoms with van der Waals surface area (Å²) >= 11 is 6.31. The quantitative estimate of drug-likeness (QED) is 0.604. The highest BCUT2D eigenvalue weighted by Crippen LogP contribution is 2.37. The lowest BCUT2D eigenvalue weighted by Crippen LogP contribution is -2.41. The number of ether oxygens (including phenoxy) is 2. The van der Waals surface area contributed by atoms with Gasteiger partial charge in [0.15, 0.2) is 12.6 Å². The maximum absolute atomic E-state index is 11.6. The molecule has 2 aliphatic heterocycles. The smallest absolute Gasteiger partial charge is 0.465 e. The molecule has 1 aromatic rings. The van der Waals surface area contributed by atoms with Gasteiger partial charge in [-0.15, -0.1) is 0 Å². The first-order chi connectivity index (χ1) is 11.7. The molecule has 0 bridgehead atoms. The minimum atomic E-state index is -0.682. The van der Waals surface area contributed by atoms with E-state index in [1.165, 1.54) is 0 Å². The second-order valence-corrected chi connectivity index (χ2v) is 7.94. The van der Waals surface area contributed by atoms with E-state index in [4.69, 9.17) is 30.4 Å². The van der Waals surface area contributed by atoms with Crippen LogP contribution in [0.4, 0.5) is 0 Å². The highest BCUT2D eigenvalue weighted by Gasteiger charge is 2.52. The van der Waals surface area contributed by atoms with Crippen molar-refractivity contribution < 1.29 is 23.6 Å². The Balaban J connectivity index is 1.91. The number of aldehydes is 1. The average molecular weight is 367 g/mol. The van der Waals surface area contributed by atoms with Gasteiger partial charge in [-0.2, -0.15) is 0 Å². The van der Waals surface area contributed by atoms with Crippen LogP contribution in [-0.4, -0.2) is 37.5 Å². The number of halogens is 1. The summed E-state index contributed by atoms with van der Waals surface area (Å²) < 4.78 is 23.7. The summed E-state index contributed by atoms with van der Waals surface area (Å²) in [5.74, 6) is 0.548. The van der Waals surface area contributed by atoms with Gasteiger partial charge in [0.05, 0.1) is 22.8 Å². The standard InChI is InChI=1S/C18H24BClO5/c1-17(2)18(3,4)25-19(24-17)14-9-12(10-15(20)13(14)11-21)23-16-7-5-6-8-22-16/h9-11,16H,5-8H2,1-4H3/t16-/m1/s1. The molecule has 136 valence electrons. The zero-order valence-electron chi connectivity index (χ0n) is 15.1. The first-order valence-corrected chi connectivity index (χ1v) is 9.04. The molecule has 7 heteroatoms. The largest absolute Gasteiger partial charge is 0.495 e. The van der Waals surface area contributed by atoms with E-state index in [9.17, 15) is 4.79 Å². The third-order valence-electron chi connectivity index (χ3n) is 5.17. The Bertz CT molecular complexity index is 639. The molecule has 2 aliphatic rings. The van der Waals surface area contributed by atoms with Gasteiger partial charge in [-0.3, -0.25) is 4.79 Å². The van der Waals surface area contributed by atoms with E-state index in [0.717, 1.165) is 25.5 Å². The van der Waals surface area contributed by atoms with E-state index < -0.39 is 18.3 Å². The molecular formula is C18H24BClO5. The van der Waals surface area contributed by atoms with Gasteiger partial charge in [-0.05, 0) is 58.1 Å². The Kier molecular flexibility index (Phi) is 5.17. The van der Waals surface area contributed by atoms with Crippen LogP contribution in [0.15, 0.2) is 12.1 Å². The Morgan fingerprint density at radius 3 is 2.44 bits per heavy atom. The van der Waals surface area contributed by atoms with Crippen LogP contribution in [0.25, 0.3) is 0 Å². The topological polar surface area (TPSA) is 54.0 Å². The summed E-state index contributed by atoms with van der Waals surface area (Å²) in [4.78, 5) is 11.6. The normalized spacial score (nSPS) is 25.0. The molecule has 0 radical (unpaired) electrons. The van der Waals surface area contributed by atoms with Crippen molar-refractivity contribution >= 4 is 30.5 Å². The Morgan fingerprint density at radius 1 is 1.20 bits per heavy atom. The van der Waals surface area contributed by atoms with Gasteiger partial charge < -0.3 is 18.8 Å². The van der Waals surface area contributed by atoms with E-state index in [-0.39, 0.29) is 6.29 Å². The minimum absolute atomic E-state index is 0.293. The molecule has 0 N–H and O–H groups in total. The highest BCUT2D eigenvalue weighted by molar-refractivity contribution is 6.64. The summed E-state index contributed by atoms with van der Waals surface area (Å²) in [5, 5.41) is 0.313. The second-order valence-electron chi connectivity index (χ2n) is 7.53. The molecule has 0 amide bonds. The monoisotopic (exact) mass is 366 g/mol. The molecule has 25 heavy (non-hydrogen) atoms. The van der Waals surface area contributed by atoms with Crippen LogP contribution in [0.3, 0.4) is 0 Å². The fraction of sp³-hybridized carbons (Fsp3) is 0.611. The number of rotatable bonds is 4. The van der Waals surface area contributed by atoms with Crippen molar-refractivity contribution in [1.29, 1.82) is 0 Å². The summed E-state index contributed by atoms with van der Waals surface area (Å²) in [6.07, 6.45) is 3.37. The van der Waals surface area contributed by atoms with Gasteiger partial charge in [0, 0.05) is 12.0 Å². The maximum atomic E-state index is 11.6. The number of carbonyl (C=O) groups is 1. The Labute approximate surface area is 154 Å². The van der Waals surface area contributed by atoms with Crippen molar-refractivity contribution in [2.45, 2.75) is 64.4 Å². The molecule has 1 atom stereocenters. The van der Waals surface area contributed by atoms with Crippen molar-refractivity contribution in [3.8, 4) is 5.75 Å². The molecule has 2 fully saturated rings. The summed E-state index contributed by atoms with van der Waals surface area (Å²) in [7, 11) is -0.682. The van der Waals surface area contributed by atoms with Crippen molar-refractivity contribution in [2.75, 3.05) is 6.61 Å². The summed E-state index contributed by atoms with van der Waals surface area (Å²) in [5.41, 5.74) is -0.0783. The van der Waals surface area contributed by atoms with Crippen molar-refractivity contribution in [1.82, 2.24) is 0 Å². The van der Waals surface area contributed by atoms with E-state index in [2.05, 4.69) is 0 Å². The minimum Gasteiger partial charge on any atom is -0.465 e. The fourth-order valence-corrected chi connectivity index (χ4v) is 3.19. The molecule has 3 rings (SSSR count). The Hall–Kier alpha value is -1.08. The molecule has 0 unspecified atom stereocenters. The number of hydrogen-bond donors (Lipinski definition) is 0. The lowest BCUT2D eigenvalue weighted by Gasteiger charge is -2.32. The zero-order valence-corrected chi connectivity index (χ0v) is 15.9. The molecule has 2 heterocycles. The van der Waals surface area contributed by atoms with Crippen LogP contribution >= 0.6 is 11.6 Å². The SMILES string of the molecule is CC1(C)OB(c2cc(O[C@@H]3CCCCO3)cc(Cl)c2C=O)OC1(C)C. The molecular weight excluding hydrogens is 342 g/mol. The molecule has 0 aromatic heterocycles. The van der Waals surface area contributed by atoms with Gasteiger partial charge in [-0.1, -0.05) is 11.6 Å². The van der Waals surface area contributed by atoms with Crippen molar-refractivity contribution in [3.05, 3.63) is 22.7 Å². The molecule has 0 spiro atoms. The van der Waals surface area contributed by atoms with Crippen molar-refractivity contribution in [2.24, 2.45) is 0 Å². The number of benzene rings is 1.